The van der Waals surface area contributed by atoms with Gasteiger partial charge in [-0.1, -0.05) is 31.0 Å². The third kappa shape index (κ3) is 4.98. The van der Waals surface area contributed by atoms with Gasteiger partial charge in [-0.25, -0.2) is 8.42 Å². The molecule has 1 saturated carbocycles. The molecule has 1 spiro atoms. The number of hydrogen-bond acceptors (Lipinski definition) is 5. The molecule has 0 radical (unpaired) electrons. The molecule has 1 N–H and O–H groups in total. The number of rotatable bonds is 6. The summed E-state index contributed by atoms with van der Waals surface area (Å²) in [5.74, 6) is 0.264. The first-order chi connectivity index (χ1) is 17.7. The molecule has 5 rings (SSSR count). The zero-order chi connectivity index (χ0) is 26.2. The van der Waals surface area contributed by atoms with Gasteiger partial charge in [0.15, 0.2) is 15.9 Å². The zero-order valence-electron chi connectivity index (χ0n) is 20.9. The quantitative estimate of drug-likeness (QED) is 0.498. The molecule has 1 fully saturated rings. The number of nitrogens with zero attached hydrogens (tertiary/aromatic N) is 1. The predicted molar refractivity (Wildman–Crippen MR) is 143 cm³/mol. The van der Waals surface area contributed by atoms with Crippen molar-refractivity contribution in [3.05, 3.63) is 83.9 Å². The second kappa shape index (κ2) is 9.67. The Hall–Kier alpha value is -3.65. The minimum Gasteiger partial charge on any atom is -0.481 e. The smallest absolute Gasteiger partial charge is 0.267 e. The van der Waals surface area contributed by atoms with Gasteiger partial charge in [-0.05, 0) is 79.9 Å². The molecule has 3 aromatic carbocycles. The average molecular weight is 519 g/mol. The fourth-order valence-corrected chi connectivity index (χ4v) is 6.08. The first kappa shape index (κ1) is 25.0. The molecule has 1 atom stereocenters. The molecule has 7 nitrogen and oxygen atoms in total. The lowest BCUT2D eigenvalue weighted by Crippen LogP contribution is -2.42. The van der Waals surface area contributed by atoms with E-state index in [-0.39, 0.29) is 22.1 Å². The van der Waals surface area contributed by atoms with Gasteiger partial charge in [0.05, 0.1) is 4.90 Å². The van der Waals surface area contributed by atoms with E-state index in [0.29, 0.717) is 23.5 Å². The Bertz CT molecular complexity index is 1430. The molecule has 1 unspecified atom stereocenters. The van der Waals surface area contributed by atoms with Crippen LogP contribution < -0.4 is 15.0 Å². The van der Waals surface area contributed by atoms with Gasteiger partial charge in [-0.3, -0.25) is 9.59 Å². The number of para-hydroxylation sites is 1. The van der Waals surface area contributed by atoms with Crippen molar-refractivity contribution in [2.45, 2.75) is 49.0 Å². The predicted octanol–water partition coefficient (Wildman–Crippen LogP) is 4.97. The minimum absolute atomic E-state index is 0.1000. The second-order valence-electron chi connectivity index (χ2n) is 9.97. The summed E-state index contributed by atoms with van der Waals surface area (Å²) in [5, 5.41) is 2.85. The van der Waals surface area contributed by atoms with Gasteiger partial charge < -0.3 is 15.0 Å². The van der Waals surface area contributed by atoms with Gasteiger partial charge in [0.1, 0.15) is 5.75 Å². The number of hydrogen-bond donors (Lipinski definition) is 1. The highest BCUT2D eigenvalue weighted by atomic mass is 32.2. The van der Waals surface area contributed by atoms with Crippen LogP contribution in [0.15, 0.2) is 77.7 Å². The van der Waals surface area contributed by atoms with Gasteiger partial charge in [0, 0.05) is 35.2 Å². The molecular formula is C29H30N2O5S. The second-order valence-corrected chi connectivity index (χ2v) is 12.0. The SMILES string of the molecule is CC(Oc1ccccc1)C(=O)N1CC2(CCCC2)c2cc(C(=O)Nc3ccc(S(C)(=O)=O)cc3)ccc21. The van der Waals surface area contributed by atoms with E-state index in [1.807, 2.05) is 47.4 Å². The molecule has 1 aliphatic carbocycles. The lowest BCUT2D eigenvalue weighted by molar-refractivity contribution is -0.124. The fourth-order valence-electron chi connectivity index (χ4n) is 5.45. The normalized spacial score (nSPS) is 16.9. The number of carbonyl (C=O) groups excluding carboxylic acids is 2. The Morgan fingerprint density at radius 2 is 1.65 bits per heavy atom. The van der Waals surface area contributed by atoms with Crippen LogP contribution in [0, 0.1) is 0 Å². The van der Waals surface area contributed by atoms with Crippen LogP contribution in [0.25, 0.3) is 0 Å². The number of amides is 2. The summed E-state index contributed by atoms with van der Waals surface area (Å²) in [5.41, 5.74) is 2.72. The topological polar surface area (TPSA) is 92.8 Å². The zero-order valence-corrected chi connectivity index (χ0v) is 21.8. The highest BCUT2D eigenvalue weighted by molar-refractivity contribution is 7.90. The number of ether oxygens (including phenoxy) is 1. The summed E-state index contributed by atoms with van der Waals surface area (Å²) in [4.78, 5) is 28.6. The van der Waals surface area contributed by atoms with E-state index in [4.69, 9.17) is 4.74 Å². The molecule has 192 valence electrons. The maximum absolute atomic E-state index is 13.5. The summed E-state index contributed by atoms with van der Waals surface area (Å²) < 4.78 is 29.3. The first-order valence-electron chi connectivity index (χ1n) is 12.5. The van der Waals surface area contributed by atoms with E-state index in [1.54, 1.807) is 25.1 Å². The maximum Gasteiger partial charge on any atom is 0.267 e. The van der Waals surface area contributed by atoms with Crippen LogP contribution in [0.4, 0.5) is 11.4 Å². The van der Waals surface area contributed by atoms with Crippen molar-refractivity contribution in [2.24, 2.45) is 0 Å². The Balaban J connectivity index is 1.39. The Morgan fingerprint density at radius 3 is 2.30 bits per heavy atom. The van der Waals surface area contributed by atoms with Crippen LogP contribution in [-0.2, 0) is 20.0 Å². The van der Waals surface area contributed by atoms with E-state index in [1.165, 1.54) is 12.1 Å². The van der Waals surface area contributed by atoms with Crippen LogP contribution in [0.1, 0.15) is 48.5 Å². The molecule has 0 saturated heterocycles. The number of benzene rings is 3. The van der Waals surface area contributed by atoms with Crippen LogP contribution in [0.2, 0.25) is 0 Å². The molecular weight excluding hydrogens is 488 g/mol. The molecule has 0 bridgehead atoms. The largest absolute Gasteiger partial charge is 0.481 e. The van der Waals surface area contributed by atoms with Crippen molar-refractivity contribution >= 4 is 33.0 Å². The lowest BCUT2D eigenvalue weighted by Gasteiger charge is -2.26. The number of anilines is 2. The maximum atomic E-state index is 13.5. The van der Waals surface area contributed by atoms with Crippen molar-refractivity contribution in [1.82, 2.24) is 0 Å². The summed E-state index contributed by atoms with van der Waals surface area (Å²) in [7, 11) is -3.31. The van der Waals surface area contributed by atoms with Gasteiger partial charge in [-0.15, -0.1) is 0 Å². The van der Waals surface area contributed by atoms with Crippen molar-refractivity contribution in [3.8, 4) is 5.75 Å². The lowest BCUT2D eigenvalue weighted by atomic mass is 9.80. The van der Waals surface area contributed by atoms with Crippen molar-refractivity contribution in [3.63, 3.8) is 0 Å². The van der Waals surface area contributed by atoms with E-state index in [2.05, 4.69) is 5.32 Å². The summed E-state index contributed by atoms with van der Waals surface area (Å²) in [6, 6.07) is 20.9. The van der Waals surface area contributed by atoms with Crippen molar-refractivity contribution in [2.75, 3.05) is 23.0 Å². The fraction of sp³-hybridized carbons (Fsp3) is 0.310. The third-order valence-corrected chi connectivity index (χ3v) is 8.48. The molecule has 37 heavy (non-hydrogen) atoms. The van der Waals surface area contributed by atoms with Gasteiger partial charge in [0.25, 0.3) is 11.8 Å². The number of carbonyl (C=O) groups is 2. The van der Waals surface area contributed by atoms with Crippen molar-refractivity contribution in [1.29, 1.82) is 0 Å². The molecule has 3 aromatic rings. The van der Waals surface area contributed by atoms with Crippen LogP contribution in [0.3, 0.4) is 0 Å². The minimum atomic E-state index is -3.31. The highest BCUT2D eigenvalue weighted by Crippen LogP contribution is 2.51. The van der Waals surface area contributed by atoms with Crippen LogP contribution in [0.5, 0.6) is 5.75 Å². The highest BCUT2D eigenvalue weighted by Gasteiger charge is 2.47. The van der Waals surface area contributed by atoms with E-state index in [0.717, 1.165) is 43.2 Å². The molecule has 1 heterocycles. The number of fused-ring (bicyclic) bond motifs is 2. The Kier molecular flexibility index (Phi) is 6.54. The van der Waals surface area contributed by atoms with Gasteiger partial charge in [0.2, 0.25) is 0 Å². The Morgan fingerprint density at radius 1 is 0.973 bits per heavy atom. The number of nitrogens with one attached hydrogen (secondary N) is 1. The summed E-state index contributed by atoms with van der Waals surface area (Å²) in [6.45, 7) is 2.35. The van der Waals surface area contributed by atoms with Crippen molar-refractivity contribution < 1.29 is 22.7 Å². The Labute approximate surface area is 217 Å². The van der Waals surface area contributed by atoms with Crippen LogP contribution >= 0.6 is 0 Å². The molecule has 1 aliphatic heterocycles. The average Bonchev–Trinajstić information content (AvgIpc) is 3.49. The summed E-state index contributed by atoms with van der Waals surface area (Å²) >= 11 is 0. The summed E-state index contributed by atoms with van der Waals surface area (Å²) in [6.07, 6.45) is 4.60. The van der Waals surface area contributed by atoms with E-state index in [9.17, 15) is 18.0 Å². The van der Waals surface area contributed by atoms with E-state index >= 15 is 0 Å². The van der Waals surface area contributed by atoms with E-state index < -0.39 is 15.9 Å². The molecule has 8 heteroatoms. The first-order valence-corrected chi connectivity index (χ1v) is 14.3. The van der Waals surface area contributed by atoms with Crippen LogP contribution in [-0.4, -0.2) is 39.1 Å². The molecule has 2 amide bonds. The molecule has 0 aromatic heterocycles. The van der Waals surface area contributed by atoms with Gasteiger partial charge in [-0.2, -0.15) is 0 Å². The third-order valence-electron chi connectivity index (χ3n) is 7.35. The van der Waals surface area contributed by atoms with Gasteiger partial charge >= 0.3 is 0 Å². The standard InChI is InChI=1S/C29H30N2O5S/c1-20(36-23-8-4-3-5-9-23)28(33)31-19-29(16-6-7-17-29)25-18-21(10-15-26(25)31)27(32)30-22-11-13-24(14-12-22)37(2,34)35/h3-5,8-15,18,20H,6-7,16-17,19H2,1-2H3,(H,30,32). The number of sulfone groups is 1. The molecule has 2 aliphatic rings. The monoisotopic (exact) mass is 518 g/mol.